The molecule has 4 rings (SSSR count). The van der Waals surface area contributed by atoms with Crippen molar-refractivity contribution in [2.45, 2.75) is 35.2 Å². The molecular weight excluding hydrogens is 414 g/mol. The second-order valence-corrected chi connectivity index (χ2v) is 9.56. The molecule has 2 aromatic carbocycles. The Morgan fingerprint density at radius 1 is 1.27 bits per heavy atom. The number of anilines is 1. The van der Waals surface area contributed by atoms with Gasteiger partial charge in [0.1, 0.15) is 0 Å². The number of nitrogens with zero attached hydrogens (tertiary/aromatic N) is 3. The summed E-state index contributed by atoms with van der Waals surface area (Å²) in [5.74, 6) is 0.240. The van der Waals surface area contributed by atoms with Gasteiger partial charge in [-0.25, -0.2) is 4.98 Å². The Labute approximate surface area is 184 Å². The molecule has 154 valence electrons. The van der Waals surface area contributed by atoms with Crippen LogP contribution in [0, 0.1) is 0 Å². The zero-order valence-electron chi connectivity index (χ0n) is 16.8. The predicted octanol–water partition coefficient (Wildman–Crippen LogP) is 4.59. The highest BCUT2D eigenvalue weighted by Gasteiger charge is 2.24. The van der Waals surface area contributed by atoms with Gasteiger partial charge in [-0.15, -0.1) is 18.3 Å². The highest BCUT2D eigenvalue weighted by molar-refractivity contribution is 8.00. The number of thioether (sulfide) groups is 2. The van der Waals surface area contributed by atoms with Gasteiger partial charge >= 0.3 is 0 Å². The van der Waals surface area contributed by atoms with Crippen molar-refractivity contribution in [1.29, 1.82) is 0 Å². The lowest BCUT2D eigenvalue weighted by Gasteiger charge is -2.22. The molecule has 1 unspecified atom stereocenters. The SMILES string of the molecule is C=CCn1c(SCC(=O)N2CCC(C)Sc3ccccc32)nc2ccccc2c1=O. The number of rotatable bonds is 5. The first-order valence-corrected chi connectivity index (χ1v) is 11.7. The predicted molar refractivity (Wildman–Crippen MR) is 126 cm³/mol. The molecule has 7 heteroatoms. The first kappa shape index (κ1) is 20.8. The van der Waals surface area contributed by atoms with Crippen molar-refractivity contribution in [2.24, 2.45) is 0 Å². The molecule has 0 saturated heterocycles. The van der Waals surface area contributed by atoms with Crippen molar-refractivity contribution in [3.8, 4) is 0 Å². The van der Waals surface area contributed by atoms with Crippen LogP contribution < -0.4 is 10.5 Å². The van der Waals surface area contributed by atoms with Gasteiger partial charge in [0, 0.05) is 23.2 Å². The van der Waals surface area contributed by atoms with Crippen LogP contribution in [0.2, 0.25) is 0 Å². The van der Waals surface area contributed by atoms with Crippen LogP contribution >= 0.6 is 23.5 Å². The lowest BCUT2D eigenvalue weighted by atomic mass is 10.2. The molecule has 1 atom stereocenters. The maximum Gasteiger partial charge on any atom is 0.262 e. The third-order valence-electron chi connectivity index (χ3n) is 5.01. The van der Waals surface area contributed by atoms with Crippen LogP contribution in [-0.2, 0) is 11.3 Å². The van der Waals surface area contributed by atoms with Crippen molar-refractivity contribution < 1.29 is 4.79 Å². The third kappa shape index (κ3) is 4.18. The largest absolute Gasteiger partial charge is 0.311 e. The summed E-state index contributed by atoms with van der Waals surface area (Å²) in [7, 11) is 0. The molecule has 30 heavy (non-hydrogen) atoms. The van der Waals surface area contributed by atoms with Crippen LogP contribution in [0.15, 0.2) is 76.0 Å². The topological polar surface area (TPSA) is 55.2 Å². The molecule has 0 fully saturated rings. The number of benzene rings is 2. The van der Waals surface area contributed by atoms with Crippen molar-refractivity contribution in [3.05, 3.63) is 71.5 Å². The van der Waals surface area contributed by atoms with Gasteiger partial charge in [0.2, 0.25) is 5.91 Å². The van der Waals surface area contributed by atoms with Crippen molar-refractivity contribution in [2.75, 3.05) is 17.2 Å². The number of carbonyl (C=O) groups excluding carboxylic acids is 1. The molecule has 2 heterocycles. The lowest BCUT2D eigenvalue weighted by molar-refractivity contribution is -0.116. The zero-order valence-corrected chi connectivity index (χ0v) is 18.4. The molecule has 0 N–H and O–H groups in total. The first-order chi connectivity index (χ1) is 14.6. The summed E-state index contributed by atoms with van der Waals surface area (Å²) in [6, 6.07) is 15.3. The Bertz CT molecular complexity index is 1160. The molecule has 3 aromatic rings. The van der Waals surface area contributed by atoms with E-state index in [0.29, 0.717) is 34.4 Å². The summed E-state index contributed by atoms with van der Waals surface area (Å²) in [5.41, 5.74) is 1.50. The van der Waals surface area contributed by atoms with E-state index in [0.717, 1.165) is 17.0 Å². The van der Waals surface area contributed by atoms with Crippen LogP contribution in [0.5, 0.6) is 0 Å². The number of amides is 1. The van der Waals surface area contributed by atoms with Gasteiger partial charge in [-0.3, -0.25) is 14.2 Å². The van der Waals surface area contributed by atoms with E-state index in [9.17, 15) is 9.59 Å². The standard InChI is InChI=1S/C23H23N3O2S2/c1-3-13-26-22(28)17-8-4-5-9-18(17)24-23(26)29-15-21(27)25-14-12-16(2)30-20-11-7-6-10-19(20)25/h3-11,16H,1,12-15H2,2H3. The number of carbonyl (C=O) groups is 1. The molecule has 0 bridgehead atoms. The van der Waals surface area contributed by atoms with Crippen LogP contribution in [0.3, 0.4) is 0 Å². The number of hydrogen-bond donors (Lipinski definition) is 0. The quantitative estimate of drug-likeness (QED) is 0.332. The van der Waals surface area contributed by atoms with Crippen LogP contribution in [-0.4, -0.2) is 33.0 Å². The van der Waals surface area contributed by atoms with E-state index >= 15 is 0 Å². The number of allylic oxidation sites excluding steroid dienone is 1. The number of fused-ring (bicyclic) bond motifs is 2. The lowest BCUT2D eigenvalue weighted by Crippen LogP contribution is -2.34. The fourth-order valence-corrected chi connectivity index (χ4v) is 5.50. The zero-order chi connectivity index (χ0) is 21.1. The number of para-hydroxylation sites is 2. The Morgan fingerprint density at radius 2 is 2.03 bits per heavy atom. The fourth-order valence-electron chi connectivity index (χ4n) is 3.50. The monoisotopic (exact) mass is 437 g/mol. The Kier molecular flexibility index (Phi) is 6.29. The molecule has 0 spiro atoms. The van der Waals surface area contributed by atoms with Gasteiger partial charge in [-0.1, -0.05) is 49.0 Å². The number of aromatic nitrogens is 2. The summed E-state index contributed by atoms with van der Waals surface area (Å²) in [6.07, 6.45) is 2.61. The summed E-state index contributed by atoms with van der Waals surface area (Å²) in [5, 5.41) is 1.57. The van der Waals surface area contributed by atoms with Crippen molar-refractivity contribution in [1.82, 2.24) is 9.55 Å². The molecule has 0 aliphatic carbocycles. The van der Waals surface area contributed by atoms with E-state index in [4.69, 9.17) is 0 Å². The highest BCUT2D eigenvalue weighted by atomic mass is 32.2. The normalized spacial score (nSPS) is 16.2. The van der Waals surface area contributed by atoms with Crippen LogP contribution in [0.4, 0.5) is 5.69 Å². The fraction of sp³-hybridized carbons (Fsp3) is 0.261. The smallest absolute Gasteiger partial charge is 0.262 e. The van der Waals surface area contributed by atoms with Gasteiger partial charge in [0.15, 0.2) is 5.16 Å². The van der Waals surface area contributed by atoms with Gasteiger partial charge < -0.3 is 4.90 Å². The molecule has 1 aromatic heterocycles. The minimum atomic E-state index is -0.110. The molecule has 0 radical (unpaired) electrons. The van der Waals surface area contributed by atoms with Crippen molar-refractivity contribution >= 4 is 46.0 Å². The Balaban J connectivity index is 1.61. The first-order valence-electron chi connectivity index (χ1n) is 9.88. The highest BCUT2D eigenvalue weighted by Crippen LogP contribution is 2.37. The molecule has 5 nitrogen and oxygen atoms in total. The Morgan fingerprint density at radius 3 is 2.87 bits per heavy atom. The third-order valence-corrected chi connectivity index (χ3v) is 7.21. The van der Waals surface area contributed by atoms with Gasteiger partial charge in [-0.2, -0.15) is 0 Å². The van der Waals surface area contributed by atoms with Crippen LogP contribution in [0.1, 0.15) is 13.3 Å². The minimum absolute atomic E-state index is 0.0229. The van der Waals surface area contributed by atoms with Gasteiger partial charge in [-0.05, 0) is 30.7 Å². The molecular formula is C23H23N3O2S2. The average molecular weight is 438 g/mol. The van der Waals surface area contributed by atoms with Gasteiger partial charge in [0.05, 0.1) is 22.3 Å². The minimum Gasteiger partial charge on any atom is -0.311 e. The second-order valence-electron chi connectivity index (χ2n) is 7.13. The molecule has 1 amide bonds. The van der Waals surface area contributed by atoms with E-state index < -0.39 is 0 Å². The maximum absolute atomic E-state index is 13.2. The van der Waals surface area contributed by atoms with E-state index in [1.807, 2.05) is 53.1 Å². The summed E-state index contributed by atoms with van der Waals surface area (Å²) < 4.78 is 1.58. The van der Waals surface area contributed by atoms with E-state index in [-0.39, 0.29) is 17.2 Å². The van der Waals surface area contributed by atoms with Gasteiger partial charge in [0.25, 0.3) is 5.56 Å². The van der Waals surface area contributed by atoms with E-state index in [2.05, 4.69) is 24.6 Å². The average Bonchev–Trinajstić information content (AvgIpc) is 2.92. The van der Waals surface area contributed by atoms with Crippen molar-refractivity contribution in [3.63, 3.8) is 0 Å². The summed E-state index contributed by atoms with van der Waals surface area (Å²) >= 11 is 3.12. The summed E-state index contributed by atoms with van der Waals surface area (Å²) in [4.78, 5) is 33.7. The van der Waals surface area contributed by atoms with E-state index in [1.165, 1.54) is 11.8 Å². The molecule has 1 aliphatic heterocycles. The molecule has 1 aliphatic rings. The maximum atomic E-state index is 13.2. The number of hydrogen-bond acceptors (Lipinski definition) is 5. The van der Waals surface area contributed by atoms with Crippen LogP contribution in [0.25, 0.3) is 10.9 Å². The second kappa shape index (κ2) is 9.10. The Hall–Kier alpha value is -2.51. The summed E-state index contributed by atoms with van der Waals surface area (Å²) in [6.45, 7) is 6.99. The van der Waals surface area contributed by atoms with E-state index in [1.54, 1.807) is 16.7 Å². The molecule has 0 saturated carbocycles.